The molecule has 0 aliphatic heterocycles. The predicted molar refractivity (Wildman–Crippen MR) is 77.1 cm³/mol. The van der Waals surface area contributed by atoms with Crippen molar-refractivity contribution >= 4 is 0 Å². The molecule has 0 spiro atoms. The van der Waals surface area contributed by atoms with Crippen LogP contribution in [0.2, 0.25) is 0 Å². The van der Waals surface area contributed by atoms with Gasteiger partial charge in [0, 0.05) is 29.4 Å². The first-order chi connectivity index (χ1) is 9.09. The van der Waals surface area contributed by atoms with Gasteiger partial charge in [-0.2, -0.15) is 0 Å². The van der Waals surface area contributed by atoms with Crippen molar-refractivity contribution in [2.24, 2.45) is 5.41 Å². The summed E-state index contributed by atoms with van der Waals surface area (Å²) >= 11 is 0. The lowest BCUT2D eigenvalue weighted by molar-refractivity contribution is 0.253. The van der Waals surface area contributed by atoms with E-state index in [2.05, 4.69) is 37.3 Å². The highest BCUT2D eigenvalue weighted by atomic mass is 15.0. The minimum atomic E-state index is 0.341. The molecule has 1 unspecified atom stereocenters. The third-order valence-corrected chi connectivity index (χ3v) is 4.28. The van der Waals surface area contributed by atoms with E-state index in [9.17, 15) is 0 Å². The van der Waals surface area contributed by atoms with Gasteiger partial charge in [-0.1, -0.05) is 20.8 Å². The molecule has 1 atom stereocenters. The van der Waals surface area contributed by atoms with Crippen LogP contribution in [-0.4, -0.2) is 16.5 Å². The first kappa shape index (κ1) is 13.0. The van der Waals surface area contributed by atoms with Gasteiger partial charge >= 0.3 is 0 Å². The molecule has 0 aromatic carbocycles. The lowest BCUT2D eigenvalue weighted by Crippen LogP contribution is -2.34. The van der Waals surface area contributed by atoms with Crippen molar-refractivity contribution < 1.29 is 0 Å². The lowest BCUT2D eigenvalue weighted by Gasteiger charge is -2.36. The van der Waals surface area contributed by atoms with E-state index in [1.807, 2.05) is 0 Å². The minimum absolute atomic E-state index is 0.341. The van der Waals surface area contributed by atoms with Crippen LogP contribution in [0.4, 0.5) is 0 Å². The van der Waals surface area contributed by atoms with Gasteiger partial charge in [-0.05, 0) is 44.1 Å². The molecule has 1 aromatic rings. The van der Waals surface area contributed by atoms with Crippen molar-refractivity contribution in [2.75, 3.05) is 6.54 Å². The fourth-order valence-corrected chi connectivity index (χ4v) is 3.10. The molecule has 3 rings (SSSR count). The smallest absolute Gasteiger partial charge is 0.131 e. The van der Waals surface area contributed by atoms with Gasteiger partial charge in [0.25, 0.3) is 0 Å². The molecule has 104 valence electrons. The van der Waals surface area contributed by atoms with Crippen LogP contribution in [0.1, 0.15) is 75.5 Å². The highest BCUT2D eigenvalue weighted by molar-refractivity contribution is 5.28. The predicted octanol–water partition coefficient (Wildman–Crippen LogP) is 3.37. The average Bonchev–Trinajstić information content (AvgIpc) is 3.18. The Morgan fingerprint density at radius 1 is 1.37 bits per heavy atom. The first-order valence-electron chi connectivity index (χ1n) is 7.68. The van der Waals surface area contributed by atoms with Crippen molar-refractivity contribution in [3.05, 3.63) is 23.3 Å². The summed E-state index contributed by atoms with van der Waals surface area (Å²) in [7, 11) is 0. The van der Waals surface area contributed by atoms with Crippen molar-refractivity contribution in [1.29, 1.82) is 0 Å². The molecule has 0 amide bonds. The molecule has 2 aliphatic rings. The standard InChI is InChI=1S/C16H25N3/c1-4-7-17-13-8-16(2,3)9-14-12(13)10-18-15(19-14)11-5-6-11/h10-11,13,17H,4-9H2,1-3H3. The Morgan fingerprint density at radius 2 is 2.16 bits per heavy atom. The Kier molecular flexibility index (Phi) is 3.34. The van der Waals surface area contributed by atoms with Crippen LogP contribution >= 0.6 is 0 Å². The van der Waals surface area contributed by atoms with E-state index >= 15 is 0 Å². The summed E-state index contributed by atoms with van der Waals surface area (Å²) in [6.45, 7) is 8.00. The van der Waals surface area contributed by atoms with E-state index in [4.69, 9.17) is 4.98 Å². The van der Waals surface area contributed by atoms with Crippen molar-refractivity contribution in [3.63, 3.8) is 0 Å². The molecule has 0 bridgehead atoms. The van der Waals surface area contributed by atoms with Gasteiger partial charge in [0.1, 0.15) is 5.82 Å². The Balaban J connectivity index is 1.89. The van der Waals surface area contributed by atoms with E-state index < -0.39 is 0 Å². The van der Waals surface area contributed by atoms with Gasteiger partial charge < -0.3 is 5.32 Å². The molecule has 0 saturated heterocycles. The van der Waals surface area contributed by atoms with Gasteiger partial charge in [-0.25, -0.2) is 9.97 Å². The first-order valence-corrected chi connectivity index (χ1v) is 7.68. The molecule has 1 saturated carbocycles. The normalized spacial score (nSPS) is 25.1. The van der Waals surface area contributed by atoms with E-state index in [0.717, 1.165) is 18.8 Å². The van der Waals surface area contributed by atoms with Crippen LogP contribution in [-0.2, 0) is 6.42 Å². The maximum atomic E-state index is 4.88. The Bertz CT molecular complexity index is 463. The van der Waals surface area contributed by atoms with Crippen LogP contribution in [0.5, 0.6) is 0 Å². The Morgan fingerprint density at radius 3 is 2.84 bits per heavy atom. The fraction of sp³-hybridized carbons (Fsp3) is 0.750. The number of nitrogens with one attached hydrogen (secondary N) is 1. The summed E-state index contributed by atoms with van der Waals surface area (Å²) in [6.07, 6.45) is 8.10. The average molecular weight is 259 g/mol. The third kappa shape index (κ3) is 2.81. The molecule has 1 aromatic heterocycles. The van der Waals surface area contributed by atoms with Crippen LogP contribution in [0, 0.1) is 5.41 Å². The molecular formula is C16H25N3. The molecule has 19 heavy (non-hydrogen) atoms. The summed E-state index contributed by atoms with van der Waals surface area (Å²) in [4.78, 5) is 9.49. The molecule has 3 heteroatoms. The molecule has 1 heterocycles. The summed E-state index contributed by atoms with van der Waals surface area (Å²) in [5, 5.41) is 3.67. The number of hydrogen-bond acceptors (Lipinski definition) is 3. The summed E-state index contributed by atoms with van der Waals surface area (Å²) < 4.78 is 0. The van der Waals surface area contributed by atoms with Crippen LogP contribution < -0.4 is 5.32 Å². The topological polar surface area (TPSA) is 37.8 Å². The zero-order chi connectivity index (χ0) is 13.5. The van der Waals surface area contributed by atoms with Crippen LogP contribution in [0.25, 0.3) is 0 Å². The summed E-state index contributed by atoms with van der Waals surface area (Å²) in [6, 6.07) is 0.437. The number of nitrogens with zero attached hydrogens (tertiary/aromatic N) is 2. The monoisotopic (exact) mass is 259 g/mol. The molecule has 0 radical (unpaired) electrons. The van der Waals surface area contributed by atoms with Gasteiger partial charge in [0.05, 0.1) is 0 Å². The van der Waals surface area contributed by atoms with Gasteiger partial charge in [-0.15, -0.1) is 0 Å². The third-order valence-electron chi connectivity index (χ3n) is 4.28. The Labute approximate surface area is 116 Å². The van der Waals surface area contributed by atoms with Gasteiger partial charge in [0.2, 0.25) is 0 Å². The number of hydrogen-bond donors (Lipinski definition) is 1. The van der Waals surface area contributed by atoms with Crippen molar-refractivity contribution in [3.8, 4) is 0 Å². The number of rotatable bonds is 4. The molecule has 2 aliphatic carbocycles. The van der Waals surface area contributed by atoms with E-state index in [0.29, 0.717) is 17.4 Å². The van der Waals surface area contributed by atoms with E-state index in [1.165, 1.54) is 36.9 Å². The quantitative estimate of drug-likeness (QED) is 0.901. The maximum Gasteiger partial charge on any atom is 0.131 e. The fourth-order valence-electron chi connectivity index (χ4n) is 3.10. The van der Waals surface area contributed by atoms with Crippen LogP contribution in [0.15, 0.2) is 6.20 Å². The second-order valence-corrected chi connectivity index (χ2v) is 6.96. The van der Waals surface area contributed by atoms with E-state index in [1.54, 1.807) is 0 Å². The Hall–Kier alpha value is -0.960. The highest BCUT2D eigenvalue weighted by Crippen LogP contribution is 2.42. The largest absolute Gasteiger partial charge is 0.310 e. The van der Waals surface area contributed by atoms with Gasteiger partial charge in [-0.3, -0.25) is 0 Å². The molecule has 1 N–H and O–H groups in total. The zero-order valence-electron chi connectivity index (χ0n) is 12.4. The lowest BCUT2D eigenvalue weighted by atomic mass is 9.74. The summed E-state index contributed by atoms with van der Waals surface area (Å²) in [5.41, 5.74) is 2.98. The van der Waals surface area contributed by atoms with Crippen molar-refractivity contribution in [1.82, 2.24) is 15.3 Å². The maximum absolute atomic E-state index is 4.88. The van der Waals surface area contributed by atoms with Crippen LogP contribution in [0.3, 0.4) is 0 Å². The van der Waals surface area contributed by atoms with Crippen molar-refractivity contribution in [2.45, 2.75) is 64.8 Å². The minimum Gasteiger partial charge on any atom is -0.310 e. The molecule has 1 fully saturated rings. The number of aromatic nitrogens is 2. The molecular weight excluding hydrogens is 234 g/mol. The van der Waals surface area contributed by atoms with Gasteiger partial charge in [0.15, 0.2) is 0 Å². The van der Waals surface area contributed by atoms with E-state index in [-0.39, 0.29) is 0 Å². The highest BCUT2D eigenvalue weighted by Gasteiger charge is 2.35. The number of fused-ring (bicyclic) bond motifs is 1. The second-order valence-electron chi connectivity index (χ2n) is 6.96. The zero-order valence-corrected chi connectivity index (χ0v) is 12.4. The summed E-state index contributed by atoms with van der Waals surface area (Å²) in [5.74, 6) is 1.74. The SMILES string of the molecule is CCCNC1CC(C)(C)Cc2nc(C3CC3)ncc21. The second kappa shape index (κ2) is 4.86. The molecule has 3 nitrogen and oxygen atoms in total.